The first-order chi connectivity index (χ1) is 9.10. The number of carboxylic acid groups (broad SMARTS) is 1. The molecule has 1 aliphatic heterocycles. The number of hydrogen-bond acceptors (Lipinski definition) is 6. The van der Waals surface area contributed by atoms with Gasteiger partial charge in [0.15, 0.2) is 11.0 Å². The van der Waals surface area contributed by atoms with Crippen LogP contribution in [0.15, 0.2) is 5.16 Å². The number of hydrogen-bond donors (Lipinski definition) is 3. The maximum atomic E-state index is 11.2. The predicted octanol–water partition coefficient (Wildman–Crippen LogP) is -0.774. The first kappa shape index (κ1) is 13.8. The Hall–Kier alpha value is -1.61. The second-order valence-electron chi connectivity index (χ2n) is 4.15. The first-order valence-electron chi connectivity index (χ1n) is 5.77. The van der Waals surface area contributed by atoms with Gasteiger partial charge in [-0.3, -0.25) is 9.59 Å². The third-order valence-electron chi connectivity index (χ3n) is 2.75. The Morgan fingerprint density at radius 2 is 2.32 bits per heavy atom. The molecule has 0 spiro atoms. The Balaban J connectivity index is 2.09. The Bertz CT molecular complexity index is 490. The molecule has 1 aliphatic rings. The smallest absolute Gasteiger partial charge is 0.313 e. The van der Waals surface area contributed by atoms with Crippen LogP contribution in [0, 0.1) is 0 Å². The number of rotatable bonds is 6. The molecule has 1 fully saturated rings. The minimum atomic E-state index is -0.945. The van der Waals surface area contributed by atoms with Crippen LogP contribution in [-0.4, -0.2) is 48.6 Å². The van der Waals surface area contributed by atoms with Gasteiger partial charge in [-0.05, 0) is 6.42 Å². The molecular weight excluding hydrogens is 272 g/mol. The SMILES string of the molecule is O=C(O)CSc1nnc(CO)n1CC1CCC(=O)N1. The maximum absolute atomic E-state index is 11.2. The molecule has 0 bridgehead atoms. The molecule has 0 aliphatic carbocycles. The van der Waals surface area contributed by atoms with Gasteiger partial charge in [0.25, 0.3) is 0 Å². The minimum Gasteiger partial charge on any atom is -0.481 e. The topological polar surface area (TPSA) is 117 Å². The van der Waals surface area contributed by atoms with Gasteiger partial charge in [0.05, 0.1) is 5.75 Å². The predicted molar refractivity (Wildman–Crippen MR) is 65.5 cm³/mol. The second kappa shape index (κ2) is 6.02. The van der Waals surface area contributed by atoms with Crippen molar-refractivity contribution < 1.29 is 19.8 Å². The molecule has 3 N–H and O–H groups in total. The van der Waals surface area contributed by atoms with Crippen molar-refractivity contribution in [2.45, 2.75) is 37.2 Å². The van der Waals surface area contributed by atoms with Crippen molar-refractivity contribution in [3.8, 4) is 0 Å². The van der Waals surface area contributed by atoms with Gasteiger partial charge >= 0.3 is 5.97 Å². The van der Waals surface area contributed by atoms with E-state index >= 15 is 0 Å². The van der Waals surface area contributed by atoms with Crippen molar-refractivity contribution >= 4 is 23.6 Å². The van der Waals surface area contributed by atoms with E-state index in [-0.39, 0.29) is 24.3 Å². The number of nitrogens with one attached hydrogen (secondary N) is 1. The van der Waals surface area contributed by atoms with Gasteiger partial charge in [-0.2, -0.15) is 0 Å². The molecule has 104 valence electrons. The summed E-state index contributed by atoms with van der Waals surface area (Å²) in [6.45, 7) is 0.165. The van der Waals surface area contributed by atoms with E-state index in [0.717, 1.165) is 11.8 Å². The molecule has 0 radical (unpaired) electrons. The van der Waals surface area contributed by atoms with Gasteiger partial charge < -0.3 is 20.1 Å². The molecule has 1 aromatic rings. The second-order valence-corrected chi connectivity index (χ2v) is 5.10. The average molecular weight is 286 g/mol. The Kier molecular flexibility index (Phi) is 4.38. The van der Waals surface area contributed by atoms with Crippen molar-refractivity contribution in [1.82, 2.24) is 20.1 Å². The molecule has 19 heavy (non-hydrogen) atoms. The van der Waals surface area contributed by atoms with Crippen LogP contribution in [0.5, 0.6) is 0 Å². The average Bonchev–Trinajstić information content (AvgIpc) is 2.94. The molecule has 1 unspecified atom stereocenters. The number of aliphatic carboxylic acids is 1. The minimum absolute atomic E-state index is 0.00311. The van der Waals surface area contributed by atoms with E-state index in [9.17, 15) is 14.7 Å². The molecule has 2 rings (SSSR count). The van der Waals surface area contributed by atoms with Crippen molar-refractivity contribution in [2.75, 3.05) is 5.75 Å². The largest absolute Gasteiger partial charge is 0.481 e. The van der Waals surface area contributed by atoms with Gasteiger partial charge in [0.2, 0.25) is 5.91 Å². The van der Waals surface area contributed by atoms with Crippen LogP contribution >= 0.6 is 11.8 Å². The highest BCUT2D eigenvalue weighted by molar-refractivity contribution is 7.99. The number of aromatic nitrogens is 3. The van der Waals surface area contributed by atoms with Gasteiger partial charge in [0, 0.05) is 19.0 Å². The number of nitrogens with zero attached hydrogens (tertiary/aromatic N) is 3. The summed E-state index contributed by atoms with van der Waals surface area (Å²) in [5.41, 5.74) is 0. The Morgan fingerprint density at radius 3 is 2.89 bits per heavy atom. The van der Waals surface area contributed by atoms with Crippen molar-refractivity contribution in [1.29, 1.82) is 0 Å². The third kappa shape index (κ3) is 3.44. The van der Waals surface area contributed by atoms with Crippen LogP contribution in [0.2, 0.25) is 0 Å². The van der Waals surface area contributed by atoms with Crippen molar-refractivity contribution in [3.63, 3.8) is 0 Å². The third-order valence-corrected chi connectivity index (χ3v) is 3.70. The van der Waals surface area contributed by atoms with E-state index in [1.54, 1.807) is 4.57 Å². The van der Waals surface area contributed by atoms with Gasteiger partial charge in [0.1, 0.15) is 6.61 Å². The molecule has 0 saturated carbocycles. The van der Waals surface area contributed by atoms with E-state index in [4.69, 9.17) is 5.11 Å². The molecule has 1 atom stereocenters. The molecular formula is C10H14N4O4S. The van der Waals surface area contributed by atoms with E-state index in [2.05, 4.69) is 15.5 Å². The molecule has 1 saturated heterocycles. The van der Waals surface area contributed by atoms with Crippen molar-refractivity contribution in [3.05, 3.63) is 5.82 Å². The van der Waals surface area contributed by atoms with E-state index < -0.39 is 5.97 Å². The monoisotopic (exact) mass is 286 g/mol. The van der Waals surface area contributed by atoms with Crippen LogP contribution in [0.1, 0.15) is 18.7 Å². The number of thioether (sulfide) groups is 1. The number of aliphatic hydroxyl groups is 1. The van der Waals surface area contributed by atoms with E-state index in [0.29, 0.717) is 30.4 Å². The summed E-state index contributed by atoms with van der Waals surface area (Å²) in [6.07, 6.45) is 1.20. The first-order valence-corrected chi connectivity index (χ1v) is 6.75. The van der Waals surface area contributed by atoms with E-state index in [1.165, 1.54) is 0 Å². The lowest BCUT2D eigenvalue weighted by Gasteiger charge is -2.13. The van der Waals surface area contributed by atoms with Crippen LogP contribution in [0.4, 0.5) is 0 Å². The quantitative estimate of drug-likeness (QED) is 0.587. The summed E-state index contributed by atoms with van der Waals surface area (Å²) >= 11 is 1.04. The van der Waals surface area contributed by atoms with Crippen LogP contribution in [0.3, 0.4) is 0 Å². The summed E-state index contributed by atoms with van der Waals surface area (Å²) in [5, 5.41) is 28.8. The number of carboxylic acids is 1. The maximum Gasteiger partial charge on any atom is 0.313 e. The van der Waals surface area contributed by atoms with Crippen LogP contribution < -0.4 is 5.32 Å². The summed E-state index contributed by atoms with van der Waals surface area (Å²) in [7, 11) is 0. The van der Waals surface area contributed by atoms with Crippen LogP contribution in [0.25, 0.3) is 0 Å². The fraction of sp³-hybridized carbons (Fsp3) is 0.600. The van der Waals surface area contributed by atoms with Gasteiger partial charge in [-0.1, -0.05) is 11.8 Å². The molecule has 0 aromatic carbocycles. The highest BCUT2D eigenvalue weighted by Crippen LogP contribution is 2.19. The summed E-state index contributed by atoms with van der Waals surface area (Å²) < 4.78 is 1.66. The van der Waals surface area contributed by atoms with Crippen LogP contribution in [-0.2, 0) is 22.7 Å². The standard InChI is InChI=1S/C10H14N4O4S/c15-4-7-12-13-10(19-5-9(17)18)14(7)3-6-1-2-8(16)11-6/h6,15H,1-5H2,(H,11,16)(H,17,18). The number of amides is 1. The van der Waals surface area contributed by atoms with Gasteiger partial charge in [-0.15, -0.1) is 10.2 Å². The zero-order valence-electron chi connectivity index (χ0n) is 10.1. The molecule has 8 nitrogen and oxygen atoms in total. The molecule has 9 heteroatoms. The van der Waals surface area contributed by atoms with Gasteiger partial charge in [-0.25, -0.2) is 0 Å². The van der Waals surface area contributed by atoms with Crippen molar-refractivity contribution in [2.24, 2.45) is 0 Å². The fourth-order valence-electron chi connectivity index (χ4n) is 1.89. The Labute approximate surface area is 113 Å². The number of aliphatic hydroxyl groups excluding tert-OH is 1. The van der Waals surface area contributed by atoms with E-state index in [1.807, 2.05) is 0 Å². The lowest BCUT2D eigenvalue weighted by Crippen LogP contribution is -2.30. The molecule has 2 heterocycles. The summed E-state index contributed by atoms with van der Waals surface area (Å²) in [4.78, 5) is 21.7. The highest BCUT2D eigenvalue weighted by atomic mass is 32.2. The highest BCUT2D eigenvalue weighted by Gasteiger charge is 2.23. The number of carbonyl (C=O) groups excluding carboxylic acids is 1. The summed E-state index contributed by atoms with van der Waals surface area (Å²) in [5.74, 6) is -0.697. The Morgan fingerprint density at radius 1 is 1.53 bits per heavy atom. The normalized spacial score (nSPS) is 18.6. The fourth-order valence-corrected chi connectivity index (χ4v) is 2.57. The number of carbonyl (C=O) groups is 2. The zero-order valence-corrected chi connectivity index (χ0v) is 10.9. The lowest BCUT2D eigenvalue weighted by atomic mass is 10.2. The summed E-state index contributed by atoms with van der Waals surface area (Å²) in [6, 6.07) is -0.0296. The zero-order chi connectivity index (χ0) is 13.8. The molecule has 1 aromatic heterocycles. The lowest BCUT2D eigenvalue weighted by molar-refractivity contribution is -0.133. The molecule has 1 amide bonds.